The van der Waals surface area contributed by atoms with Crippen molar-refractivity contribution in [3.05, 3.63) is 47.7 Å². The lowest BCUT2D eigenvalue weighted by Gasteiger charge is -2.32. The zero-order valence-electron chi connectivity index (χ0n) is 20.8. The molecule has 4 heterocycles. The van der Waals surface area contributed by atoms with Gasteiger partial charge < -0.3 is 30.6 Å². The topological polar surface area (TPSA) is 136 Å². The Morgan fingerprint density at radius 3 is 2.47 bits per heavy atom. The van der Waals surface area contributed by atoms with Crippen LogP contribution in [0.1, 0.15) is 21.6 Å². The maximum atomic E-state index is 12.5. The number of nitrogens with two attached hydrogens (primary N) is 1. The molecule has 11 heteroatoms. The van der Waals surface area contributed by atoms with E-state index in [1.165, 1.54) is 5.69 Å². The van der Waals surface area contributed by atoms with E-state index in [0.29, 0.717) is 22.6 Å². The number of hydrogen-bond donors (Lipinski definition) is 3. The maximum absolute atomic E-state index is 12.5. The first-order valence-corrected chi connectivity index (χ1v) is 11.7. The number of rotatable bonds is 6. The molecule has 0 aliphatic carbocycles. The molecule has 0 spiro atoms. The smallest absolute Gasteiger partial charge is 0.271 e. The lowest BCUT2D eigenvalue weighted by Crippen LogP contribution is -2.37. The van der Waals surface area contributed by atoms with Crippen molar-refractivity contribution in [3.63, 3.8) is 0 Å². The third-order valence-corrected chi connectivity index (χ3v) is 6.34. The highest BCUT2D eigenvalue weighted by Crippen LogP contribution is 2.34. The highest BCUT2D eigenvalue weighted by molar-refractivity contribution is 5.99. The number of amides is 1. The van der Waals surface area contributed by atoms with Gasteiger partial charge in [0.1, 0.15) is 11.2 Å². The number of anilines is 4. The predicted octanol–water partition coefficient (Wildman–Crippen LogP) is 2.76. The van der Waals surface area contributed by atoms with Gasteiger partial charge in [0.25, 0.3) is 5.91 Å². The number of pyridine rings is 1. The molecule has 5 rings (SSSR count). The van der Waals surface area contributed by atoms with Gasteiger partial charge in [-0.2, -0.15) is 0 Å². The fourth-order valence-electron chi connectivity index (χ4n) is 4.72. The summed E-state index contributed by atoms with van der Waals surface area (Å²) in [7, 11) is 3.64. The van der Waals surface area contributed by atoms with E-state index >= 15 is 0 Å². The fraction of sp³-hybridized carbons (Fsp3) is 0.320. The highest BCUT2D eigenvalue weighted by Gasteiger charge is 2.22. The van der Waals surface area contributed by atoms with Crippen LogP contribution in [0.25, 0.3) is 22.3 Å². The second-order valence-electron chi connectivity index (χ2n) is 8.83. The van der Waals surface area contributed by atoms with Gasteiger partial charge in [-0.1, -0.05) is 0 Å². The molecular formula is C25H29N9O2. The molecule has 1 aliphatic heterocycles. The van der Waals surface area contributed by atoms with E-state index in [2.05, 4.69) is 44.3 Å². The summed E-state index contributed by atoms with van der Waals surface area (Å²) in [6.45, 7) is 7.31. The van der Waals surface area contributed by atoms with Gasteiger partial charge >= 0.3 is 0 Å². The summed E-state index contributed by atoms with van der Waals surface area (Å²) in [6.07, 6.45) is 5.10. The molecule has 4 N–H and O–H groups in total. The Bertz CT molecular complexity index is 1430. The summed E-state index contributed by atoms with van der Waals surface area (Å²) in [5, 5.41) is 6.35. The summed E-state index contributed by atoms with van der Waals surface area (Å²) in [5.74, 6) is 0.0592. The van der Waals surface area contributed by atoms with Crippen LogP contribution < -0.4 is 21.3 Å². The lowest BCUT2D eigenvalue weighted by atomic mass is 10.1. The average molecular weight is 488 g/mol. The Labute approximate surface area is 208 Å². The third kappa shape index (κ3) is 4.17. The van der Waals surface area contributed by atoms with Crippen LogP contribution in [0.15, 0.2) is 30.9 Å². The number of fused-ring (bicyclic) bond motifs is 1. The van der Waals surface area contributed by atoms with Gasteiger partial charge in [-0.05, 0) is 37.1 Å². The van der Waals surface area contributed by atoms with Gasteiger partial charge in [-0.25, -0.2) is 15.0 Å². The van der Waals surface area contributed by atoms with E-state index in [-0.39, 0.29) is 11.5 Å². The Morgan fingerprint density at radius 1 is 1.08 bits per heavy atom. The van der Waals surface area contributed by atoms with E-state index in [1.54, 1.807) is 25.8 Å². The normalized spacial score (nSPS) is 13.7. The van der Waals surface area contributed by atoms with Crippen molar-refractivity contribution < 1.29 is 9.53 Å². The molecule has 3 aromatic heterocycles. The summed E-state index contributed by atoms with van der Waals surface area (Å²) < 4.78 is 7.37. The van der Waals surface area contributed by atoms with Crippen LogP contribution in [0.4, 0.5) is 23.0 Å². The zero-order valence-corrected chi connectivity index (χ0v) is 20.8. The summed E-state index contributed by atoms with van der Waals surface area (Å²) in [5.41, 5.74) is 12.7. The van der Waals surface area contributed by atoms with Crippen molar-refractivity contribution >= 4 is 40.0 Å². The minimum absolute atomic E-state index is 0.0319. The molecule has 186 valence electrons. The van der Waals surface area contributed by atoms with Crippen LogP contribution in [0.2, 0.25) is 0 Å². The number of carbonyl (C=O) groups excluding carboxylic acids is 1. The molecule has 1 saturated heterocycles. The molecule has 0 bridgehead atoms. The molecule has 0 saturated carbocycles. The number of benzene rings is 1. The summed E-state index contributed by atoms with van der Waals surface area (Å²) >= 11 is 0. The summed E-state index contributed by atoms with van der Waals surface area (Å²) in [4.78, 5) is 32.9. The molecule has 0 radical (unpaired) electrons. The van der Waals surface area contributed by atoms with Gasteiger partial charge in [0.2, 0.25) is 0 Å². The number of ether oxygens (including phenoxy) is 1. The third-order valence-electron chi connectivity index (χ3n) is 6.34. The van der Waals surface area contributed by atoms with Crippen LogP contribution in [0.5, 0.6) is 0 Å². The van der Waals surface area contributed by atoms with Gasteiger partial charge in [-0.3, -0.25) is 9.78 Å². The van der Waals surface area contributed by atoms with Crippen LogP contribution in [-0.4, -0.2) is 63.8 Å². The van der Waals surface area contributed by atoms with Gasteiger partial charge in [0.15, 0.2) is 17.3 Å². The number of morpholine rings is 1. The quantitative estimate of drug-likeness (QED) is 0.375. The molecule has 1 aromatic carbocycles. The Balaban J connectivity index is 1.56. The monoisotopic (exact) mass is 487 g/mol. The van der Waals surface area contributed by atoms with E-state index < -0.39 is 5.91 Å². The highest BCUT2D eigenvalue weighted by atomic mass is 16.5. The van der Waals surface area contributed by atoms with Crippen LogP contribution >= 0.6 is 0 Å². The number of hydrogen-bond acceptors (Lipinski definition) is 9. The molecule has 0 atom stereocenters. The van der Waals surface area contributed by atoms with Crippen molar-refractivity contribution in [1.29, 1.82) is 0 Å². The largest absolute Gasteiger partial charge is 0.378 e. The number of nitrogens with zero attached hydrogens (tertiary/aromatic N) is 6. The number of imidazole rings is 1. The number of carbonyl (C=O) groups is 1. The van der Waals surface area contributed by atoms with E-state index in [0.717, 1.165) is 48.6 Å². The maximum Gasteiger partial charge on any atom is 0.271 e. The number of aryl methyl sites for hydroxylation is 3. The standard InChI is InChI=1S/C25H29N9O2/c1-14-9-16(10-15(2)22(14)34-5-7-36-8-6-34)30-25-21(23(26)35)31-20(24(27-3)32-25)17-11-28-12-18-19(17)29-13-33(18)4/h9-13H,5-8H2,1-4H3,(H2,26,35)(H2,27,30,32). The molecule has 11 nitrogen and oxygen atoms in total. The number of aromatic nitrogens is 5. The predicted molar refractivity (Wildman–Crippen MR) is 140 cm³/mol. The van der Waals surface area contributed by atoms with E-state index in [1.807, 2.05) is 23.7 Å². The first-order valence-electron chi connectivity index (χ1n) is 11.7. The van der Waals surface area contributed by atoms with Crippen molar-refractivity contribution in [2.24, 2.45) is 12.8 Å². The van der Waals surface area contributed by atoms with Crippen LogP contribution in [0.3, 0.4) is 0 Å². The van der Waals surface area contributed by atoms with Crippen molar-refractivity contribution in [1.82, 2.24) is 24.5 Å². The summed E-state index contributed by atoms with van der Waals surface area (Å²) in [6, 6.07) is 4.07. The van der Waals surface area contributed by atoms with Gasteiger partial charge in [0.05, 0.1) is 36.8 Å². The second-order valence-corrected chi connectivity index (χ2v) is 8.83. The molecule has 0 unspecified atom stereocenters. The van der Waals surface area contributed by atoms with E-state index in [4.69, 9.17) is 15.5 Å². The van der Waals surface area contributed by atoms with Gasteiger partial charge in [-0.15, -0.1) is 0 Å². The molecular weight excluding hydrogens is 458 g/mol. The minimum atomic E-state index is -0.687. The minimum Gasteiger partial charge on any atom is -0.378 e. The Morgan fingerprint density at radius 2 is 1.81 bits per heavy atom. The zero-order chi connectivity index (χ0) is 25.4. The van der Waals surface area contributed by atoms with Crippen molar-refractivity contribution in [3.8, 4) is 11.3 Å². The van der Waals surface area contributed by atoms with Crippen LogP contribution in [-0.2, 0) is 11.8 Å². The second kappa shape index (κ2) is 9.42. The van der Waals surface area contributed by atoms with Gasteiger partial charge in [0, 0.05) is 44.8 Å². The number of primary amides is 1. The number of nitrogens with one attached hydrogen (secondary N) is 2. The average Bonchev–Trinajstić information content (AvgIpc) is 3.25. The van der Waals surface area contributed by atoms with Crippen LogP contribution in [0, 0.1) is 13.8 Å². The molecule has 4 aromatic rings. The SMILES string of the molecule is CNc1nc(Nc2cc(C)c(N3CCOCC3)c(C)c2)c(C(N)=O)nc1-c1cncc2c1ncn2C. The fourth-order valence-corrected chi connectivity index (χ4v) is 4.72. The first kappa shape index (κ1) is 23.5. The molecule has 1 fully saturated rings. The van der Waals surface area contributed by atoms with E-state index in [9.17, 15) is 4.79 Å². The molecule has 1 amide bonds. The Hall–Kier alpha value is -4.25. The van der Waals surface area contributed by atoms with Crippen molar-refractivity contribution in [2.45, 2.75) is 13.8 Å². The van der Waals surface area contributed by atoms with Crippen molar-refractivity contribution in [2.75, 3.05) is 48.9 Å². The molecule has 36 heavy (non-hydrogen) atoms. The Kier molecular flexibility index (Phi) is 6.15. The molecule has 1 aliphatic rings. The lowest BCUT2D eigenvalue weighted by molar-refractivity contribution is 0.0996. The first-order chi connectivity index (χ1) is 17.4.